The van der Waals surface area contributed by atoms with E-state index in [0.29, 0.717) is 26.0 Å². The topological polar surface area (TPSA) is 105 Å². The number of likely N-dealkylation sites (tertiary alicyclic amines) is 1. The van der Waals surface area contributed by atoms with Crippen LogP contribution in [0.2, 0.25) is 0 Å². The smallest absolute Gasteiger partial charge is 0.407 e. The van der Waals surface area contributed by atoms with Crippen LogP contribution < -0.4 is 5.32 Å². The van der Waals surface area contributed by atoms with Gasteiger partial charge in [-0.2, -0.15) is 0 Å². The van der Waals surface area contributed by atoms with Gasteiger partial charge in [0.2, 0.25) is 0 Å². The average molecular weight is 465 g/mol. The van der Waals surface area contributed by atoms with Gasteiger partial charge in [0.05, 0.1) is 11.5 Å². The molecule has 34 heavy (non-hydrogen) atoms. The van der Waals surface area contributed by atoms with Gasteiger partial charge in [-0.05, 0) is 42.0 Å². The maximum Gasteiger partial charge on any atom is 0.407 e. The molecule has 0 radical (unpaired) electrons. The lowest BCUT2D eigenvalue weighted by Crippen LogP contribution is -2.49. The molecule has 8 nitrogen and oxygen atoms in total. The number of ether oxygens (including phenoxy) is 2. The molecule has 3 atom stereocenters. The number of carbonyl (C=O) groups excluding carboxylic acids is 2. The molecule has 2 saturated heterocycles. The molecule has 8 heteroatoms. The van der Waals surface area contributed by atoms with Crippen LogP contribution in [0.15, 0.2) is 48.5 Å². The Morgan fingerprint density at radius 2 is 1.76 bits per heavy atom. The van der Waals surface area contributed by atoms with Crippen molar-refractivity contribution in [3.63, 3.8) is 0 Å². The first-order chi connectivity index (χ1) is 16.4. The number of nitrogens with zero attached hydrogens (tertiary/aromatic N) is 1. The van der Waals surface area contributed by atoms with Crippen molar-refractivity contribution in [3.8, 4) is 11.1 Å². The second kappa shape index (κ2) is 8.76. The van der Waals surface area contributed by atoms with E-state index in [1.807, 2.05) is 24.3 Å². The lowest BCUT2D eigenvalue weighted by molar-refractivity contribution is -0.148. The minimum Gasteiger partial charge on any atom is -0.481 e. The van der Waals surface area contributed by atoms with Gasteiger partial charge < -0.3 is 24.8 Å². The predicted octanol–water partition coefficient (Wildman–Crippen LogP) is 3.01. The number of aliphatic carboxylic acids is 1. The van der Waals surface area contributed by atoms with E-state index in [1.54, 1.807) is 6.92 Å². The maximum absolute atomic E-state index is 13.0. The van der Waals surface area contributed by atoms with Crippen molar-refractivity contribution in [3.05, 3.63) is 59.7 Å². The molecular formula is C26H28N2O6. The number of rotatable bonds is 5. The van der Waals surface area contributed by atoms with Gasteiger partial charge >= 0.3 is 12.1 Å². The molecule has 1 unspecified atom stereocenters. The normalized spacial score (nSPS) is 25.6. The van der Waals surface area contributed by atoms with Crippen molar-refractivity contribution < 1.29 is 29.0 Å². The Balaban J connectivity index is 1.21. The Kier molecular flexibility index (Phi) is 5.77. The highest BCUT2D eigenvalue weighted by molar-refractivity contribution is 5.85. The highest BCUT2D eigenvalue weighted by Gasteiger charge is 2.46. The largest absolute Gasteiger partial charge is 0.481 e. The third-order valence-corrected chi connectivity index (χ3v) is 7.28. The summed E-state index contributed by atoms with van der Waals surface area (Å²) in [6, 6.07) is 15.7. The van der Waals surface area contributed by atoms with Crippen molar-refractivity contribution in [2.24, 2.45) is 5.41 Å². The molecule has 178 valence electrons. The van der Waals surface area contributed by atoms with Crippen LogP contribution >= 0.6 is 0 Å². The summed E-state index contributed by atoms with van der Waals surface area (Å²) < 4.78 is 11.2. The summed E-state index contributed by atoms with van der Waals surface area (Å²) in [7, 11) is 0. The summed E-state index contributed by atoms with van der Waals surface area (Å²) in [5.74, 6) is -1.25. The quantitative estimate of drug-likeness (QED) is 0.705. The average Bonchev–Trinajstić information content (AvgIpc) is 3.54. The molecule has 2 aromatic rings. The zero-order valence-corrected chi connectivity index (χ0v) is 19.0. The lowest BCUT2D eigenvalue weighted by Gasteiger charge is -2.26. The molecule has 0 spiro atoms. The molecule has 3 aliphatic rings. The molecule has 0 bridgehead atoms. The van der Waals surface area contributed by atoms with Crippen molar-refractivity contribution >= 4 is 18.0 Å². The lowest BCUT2D eigenvalue weighted by atomic mass is 9.90. The molecule has 2 amide bonds. The van der Waals surface area contributed by atoms with Crippen LogP contribution in [0.3, 0.4) is 0 Å². The van der Waals surface area contributed by atoms with E-state index >= 15 is 0 Å². The van der Waals surface area contributed by atoms with Gasteiger partial charge in [-0.25, -0.2) is 4.79 Å². The van der Waals surface area contributed by atoms with Crippen LogP contribution in [0.25, 0.3) is 11.1 Å². The minimum atomic E-state index is -0.954. The van der Waals surface area contributed by atoms with Crippen LogP contribution in [-0.2, 0) is 19.1 Å². The minimum absolute atomic E-state index is 0.0475. The SMILES string of the molecule is CC1(C(=O)O)CCN(C(=O)[C@H]2OCC[C@H]2NC(=O)OCC2c3ccccc3-c3ccccc32)C1. The number of carboxylic acids is 1. The van der Waals surface area contributed by atoms with Crippen molar-refractivity contribution in [2.45, 2.75) is 37.8 Å². The Hall–Kier alpha value is -3.39. The number of alkyl carbamates (subject to hydrolysis) is 1. The Morgan fingerprint density at radius 1 is 1.12 bits per heavy atom. The standard InChI is InChI=1S/C26H28N2O6/c1-26(24(30)31)11-12-28(15-26)23(29)22-21(10-13-33-22)27-25(32)34-14-20-18-8-4-2-6-16(18)17-7-3-5-9-19(17)20/h2-9,20-22H,10-15H2,1H3,(H,27,32)(H,30,31)/t21-,22+,26?/m1/s1. The van der Waals surface area contributed by atoms with Gasteiger partial charge in [0.1, 0.15) is 6.61 Å². The number of benzene rings is 2. The van der Waals surface area contributed by atoms with Gasteiger partial charge in [-0.1, -0.05) is 48.5 Å². The van der Waals surface area contributed by atoms with Crippen LogP contribution in [0.1, 0.15) is 36.8 Å². The predicted molar refractivity (Wildman–Crippen MR) is 123 cm³/mol. The molecular weight excluding hydrogens is 436 g/mol. The molecule has 0 aromatic heterocycles. The molecule has 5 rings (SSSR count). The third kappa shape index (κ3) is 3.92. The number of carboxylic acid groups (broad SMARTS) is 1. The Labute approximate surface area is 197 Å². The number of hydrogen-bond acceptors (Lipinski definition) is 5. The van der Waals surface area contributed by atoms with E-state index in [2.05, 4.69) is 29.6 Å². The van der Waals surface area contributed by atoms with E-state index in [0.717, 1.165) is 22.3 Å². The highest BCUT2D eigenvalue weighted by atomic mass is 16.6. The van der Waals surface area contributed by atoms with Gasteiger partial charge in [-0.15, -0.1) is 0 Å². The number of amides is 2. The van der Waals surface area contributed by atoms with Crippen LogP contribution in [0, 0.1) is 5.41 Å². The monoisotopic (exact) mass is 464 g/mol. The zero-order valence-electron chi connectivity index (χ0n) is 19.0. The fourth-order valence-corrected chi connectivity index (χ4v) is 5.28. The van der Waals surface area contributed by atoms with Gasteiger partial charge in [0, 0.05) is 25.6 Å². The summed E-state index contributed by atoms with van der Waals surface area (Å²) in [5.41, 5.74) is 3.61. The van der Waals surface area contributed by atoms with E-state index in [1.165, 1.54) is 4.90 Å². The molecule has 1 aliphatic carbocycles. The zero-order chi connectivity index (χ0) is 23.9. The van der Waals surface area contributed by atoms with Crippen LogP contribution in [0.4, 0.5) is 4.79 Å². The van der Waals surface area contributed by atoms with E-state index < -0.39 is 29.6 Å². The fourth-order valence-electron chi connectivity index (χ4n) is 5.28. The van der Waals surface area contributed by atoms with Crippen LogP contribution in [-0.4, -0.2) is 66.4 Å². The molecule has 2 N–H and O–H groups in total. The Bertz CT molecular complexity index is 1090. The number of fused-ring (bicyclic) bond motifs is 3. The number of nitrogens with one attached hydrogen (secondary N) is 1. The first-order valence-corrected chi connectivity index (χ1v) is 11.6. The van der Waals surface area contributed by atoms with Crippen molar-refractivity contribution in [1.29, 1.82) is 0 Å². The van der Waals surface area contributed by atoms with Crippen molar-refractivity contribution in [1.82, 2.24) is 10.2 Å². The number of hydrogen-bond donors (Lipinski definition) is 2. The van der Waals surface area contributed by atoms with Crippen LogP contribution in [0.5, 0.6) is 0 Å². The Morgan fingerprint density at radius 3 is 2.38 bits per heavy atom. The van der Waals surface area contributed by atoms with Crippen molar-refractivity contribution in [2.75, 3.05) is 26.3 Å². The van der Waals surface area contributed by atoms with Gasteiger partial charge in [0.25, 0.3) is 5.91 Å². The second-order valence-corrected chi connectivity index (χ2v) is 9.53. The first-order valence-electron chi connectivity index (χ1n) is 11.6. The summed E-state index contributed by atoms with van der Waals surface area (Å²) in [6.07, 6.45) is -0.542. The molecule has 2 fully saturated rings. The van der Waals surface area contributed by atoms with E-state index in [4.69, 9.17) is 9.47 Å². The maximum atomic E-state index is 13.0. The third-order valence-electron chi connectivity index (χ3n) is 7.28. The summed E-state index contributed by atoms with van der Waals surface area (Å²) in [5, 5.41) is 12.2. The molecule has 2 aliphatic heterocycles. The van der Waals surface area contributed by atoms with E-state index in [-0.39, 0.29) is 25.0 Å². The van der Waals surface area contributed by atoms with Gasteiger partial charge in [-0.3, -0.25) is 9.59 Å². The number of carbonyl (C=O) groups is 3. The summed E-state index contributed by atoms with van der Waals surface area (Å²) >= 11 is 0. The molecule has 2 aromatic carbocycles. The van der Waals surface area contributed by atoms with E-state index in [9.17, 15) is 19.5 Å². The highest BCUT2D eigenvalue weighted by Crippen LogP contribution is 2.44. The molecule has 2 heterocycles. The molecule has 0 saturated carbocycles. The first kappa shape index (κ1) is 22.4. The summed E-state index contributed by atoms with van der Waals surface area (Å²) in [4.78, 5) is 38.7. The second-order valence-electron chi connectivity index (χ2n) is 9.53. The fraction of sp³-hybridized carbons (Fsp3) is 0.423. The summed E-state index contributed by atoms with van der Waals surface area (Å²) in [6.45, 7) is 2.67. The van der Waals surface area contributed by atoms with Gasteiger partial charge in [0.15, 0.2) is 6.10 Å².